The second-order valence-corrected chi connectivity index (χ2v) is 11.7. The van der Waals surface area contributed by atoms with E-state index in [1.54, 1.807) is 6.20 Å². The van der Waals surface area contributed by atoms with Gasteiger partial charge in [-0.15, -0.1) is 0 Å². The highest BCUT2D eigenvalue weighted by Gasteiger charge is 2.20. The number of nitrogens with one attached hydrogen (secondary N) is 2. The number of ether oxygens (including phenoxy) is 1. The van der Waals surface area contributed by atoms with E-state index in [1.807, 2.05) is 58.5 Å². The molecule has 0 bridgehead atoms. The predicted molar refractivity (Wildman–Crippen MR) is 176 cm³/mol. The first-order chi connectivity index (χ1) is 20.8. The zero-order valence-electron chi connectivity index (χ0n) is 25.8. The summed E-state index contributed by atoms with van der Waals surface area (Å²) < 4.78 is 8.64. The number of anilines is 4. The SMILES string of the molecule is C=CC(=O)Nc1cc(Nc2nccc(-c3cn(C)c4ccccc34)n2)c(OCC2CCCCC2)cc1N(C)CCN(C)C. The zero-order chi connectivity index (χ0) is 30.3. The van der Waals surface area contributed by atoms with Crippen LogP contribution < -0.4 is 20.3 Å². The number of aryl methyl sites for hydroxylation is 1. The predicted octanol–water partition coefficient (Wildman–Crippen LogP) is 6.46. The third-order valence-electron chi connectivity index (χ3n) is 8.11. The molecule has 43 heavy (non-hydrogen) atoms. The van der Waals surface area contributed by atoms with Crippen LogP contribution in [0.4, 0.5) is 23.0 Å². The summed E-state index contributed by atoms with van der Waals surface area (Å²) in [6.07, 6.45) is 11.3. The minimum Gasteiger partial charge on any atom is -0.491 e. The van der Waals surface area contributed by atoms with E-state index in [9.17, 15) is 4.79 Å². The quantitative estimate of drug-likeness (QED) is 0.186. The normalized spacial score (nSPS) is 13.7. The lowest BCUT2D eigenvalue weighted by Gasteiger charge is -2.27. The van der Waals surface area contributed by atoms with Crippen molar-refractivity contribution >= 4 is 39.8 Å². The van der Waals surface area contributed by atoms with Gasteiger partial charge in [0.15, 0.2) is 0 Å². The summed E-state index contributed by atoms with van der Waals surface area (Å²) in [6.45, 7) is 5.92. The molecular weight excluding hydrogens is 538 g/mol. The van der Waals surface area contributed by atoms with Crippen LogP contribution in [0.2, 0.25) is 0 Å². The Morgan fingerprint density at radius 1 is 1.09 bits per heavy atom. The Morgan fingerprint density at radius 2 is 1.88 bits per heavy atom. The highest BCUT2D eigenvalue weighted by Crippen LogP contribution is 2.39. The first-order valence-electron chi connectivity index (χ1n) is 15.1. The molecular formula is C34H43N7O2. The van der Waals surface area contributed by atoms with Crippen LogP contribution in [-0.4, -0.2) is 66.2 Å². The smallest absolute Gasteiger partial charge is 0.247 e. The lowest BCUT2D eigenvalue weighted by atomic mass is 9.90. The van der Waals surface area contributed by atoms with Crippen molar-refractivity contribution in [2.45, 2.75) is 32.1 Å². The van der Waals surface area contributed by atoms with Gasteiger partial charge in [-0.1, -0.05) is 44.0 Å². The molecule has 0 atom stereocenters. The van der Waals surface area contributed by atoms with Gasteiger partial charge in [0, 0.05) is 62.1 Å². The molecule has 1 saturated carbocycles. The summed E-state index contributed by atoms with van der Waals surface area (Å²) in [5.41, 5.74) is 5.21. The second-order valence-electron chi connectivity index (χ2n) is 11.7. The molecule has 2 aromatic carbocycles. The maximum Gasteiger partial charge on any atom is 0.247 e. The number of para-hydroxylation sites is 1. The van der Waals surface area contributed by atoms with Crippen LogP contribution in [0.5, 0.6) is 5.75 Å². The minimum absolute atomic E-state index is 0.279. The molecule has 0 aliphatic heterocycles. The number of hydrogen-bond donors (Lipinski definition) is 2. The van der Waals surface area contributed by atoms with Crippen LogP contribution in [0, 0.1) is 5.92 Å². The van der Waals surface area contributed by atoms with E-state index in [0.29, 0.717) is 35.6 Å². The van der Waals surface area contributed by atoms with Gasteiger partial charge in [0.1, 0.15) is 5.75 Å². The standard InChI is InChI=1S/C34H43N7O2/c1-6-33(42)36-28-20-29(32(43-23-24-12-8-7-9-13-24)21-31(28)40(4)19-18-39(2)3)38-34-35-17-16-27(37-34)26-22-41(5)30-15-11-10-14-25(26)30/h6,10-11,14-17,20-22,24H,1,7-9,12-13,18-19,23H2,2-5H3,(H,36,42)(H,35,37,38). The van der Waals surface area contributed by atoms with Crippen molar-refractivity contribution in [2.75, 3.05) is 56.4 Å². The molecule has 0 unspecified atom stereocenters. The second kappa shape index (κ2) is 13.7. The highest BCUT2D eigenvalue weighted by molar-refractivity contribution is 6.02. The Balaban J connectivity index is 1.51. The van der Waals surface area contributed by atoms with Crippen molar-refractivity contribution in [3.8, 4) is 17.0 Å². The van der Waals surface area contributed by atoms with Gasteiger partial charge in [-0.25, -0.2) is 9.97 Å². The van der Waals surface area contributed by atoms with E-state index in [2.05, 4.69) is 54.9 Å². The molecule has 226 valence electrons. The van der Waals surface area contributed by atoms with Crippen LogP contribution in [0.3, 0.4) is 0 Å². The summed E-state index contributed by atoms with van der Waals surface area (Å²) in [7, 11) is 8.16. The largest absolute Gasteiger partial charge is 0.491 e. The van der Waals surface area contributed by atoms with Gasteiger partial charge in [-0.05, 0) is 57.1 Å². The van der Waals surface area contributed by atoms with E-state index >= 15 is 0 Å². The highest BCUT2D eigenvalue weighted by atomic mass is 16.5. The monoisotopic (exact) mass is 581 g/mol. The van der Waals surface area contributed by atoms with Gasteiger partial charge >= 0.3 is 0 Å². The third-order valence-corrected chi connectivity index (χ3v) is 8.11. The van der Waals surface area contributed by atoms with Gasteiger partial charge in [0.05, 0.1) is 29.4 Å². The number of nitrogens with zero attached hydrogens (tertiary/aromatic N) is 5. The van der Waals surface area contributed by atoms with E-state index in [0.717, 1.165) is 40.9 Å². The minimum atomic E-state index is -0.279. The average molecular weight is 582 g/mol. The van der Waals surface area contributed by atoms with Crippen LogP contribution in [0.15, 0.2) is 67.5 Å². The molecule has 0 spiro atoms. The van der Waals surface area contributed by atoms with Crippen molar-refractivity contribution in [3.63, 3.8) is 0 Å². The summed E-state index contributed by atoms with van der Waals surface area (Å²) in [5.74, 6) is 1.40. The maximum absolute atomic E-state index is 12.5. The van der Waals surface area contributed by atoms with Gasteiger partial charge in [-0.3, -0.25) is 4.79 Å². The fourth-order valence-corrected chi connectivity index (χ4v) is 5.65. The Kier molecular flexibility index (Phi) is 9.61. The van der Waals surface area contributed by atoms with Gasteiger partial charge in [0.2, 0.25) is 11.9 Å². The first-order valence-corrected chi connectivity index (χ1v) is 15.1. The number of carbonyl (C=O) groups is 1. The van der Waals surface area contributed by atoms with Gasteiger partial charge in [0.25, 0.3) is 0 Å². The number of aromatic nitrogens is 3. The van der Waals surface area contributed by atoms with E-state index in [4.69, 9.17) is 9.72 Å². The Labute approximate surface area is 254 Å². The molecule has 2 N–H and O–H groups in total. The summed E-state index contributed by atoms with van der Waals surface area (Å²) >= 11 is 0. The number of hydrogen-bond acceptors (Lipinski definition) is 7. The van der Waals surface area contributed by atoms with Crippen LogP contribution in [0.25, 0.3) is 22.2 Å². The Hall–Kier alpha value is -4.37. The van der Waals surface area contributed by atoms with Crippen molar-refractivity contribution < 1.29 is 9.53 Å². The molecule has 4 aromatic rings. The van der Waals surface area contributed by atoms with Crippen molar-refractivity contribution in [2.24, 2.45) is 13.0 Å². The lowest BCUT2D eigenvalue weighted by molar-refractivity contribution is -0.111. The van der Waals surface area contributed by atoms with Crippen LogP contribution in [0.1, 0.15) is 32.1 Å². The summed E-state index contributed by atoms with van der Waals surface area (Å²) in [5, 5.41) is 7.54. The topological polar surface area (TPSA) is 87.5 Å². The van der Waals surface area contributed by atoms with E-state index in [1.165, 1.54) is 38.2 Å². The lowest BCUT2D eigenvalue weighted by Crippen LogP contribution is -2.29. The van der Waals surface area contributed by atoms with Gasteiger partial charge in [-0.2, -0.15) is 0 Å². The molecule has 5 rings (SSSR count). The number of amides is 1. The molecule has 9 heteroatoms. The molecule has 0 radical (unpaired) electrons. The molecule has 1 aliphatic rings. The number of carbonyl (C=O) groups excluding carboxylic acids is 1. The maximum atomic E-state index is 12.5. The molecule has 1 fully saturated rings. The van der Waals surface area contributed by atoms with E-state index in [-0.39, 0.29) is 5.91 Å². The van der Waals surface area contributed by atoms with Gasteiger partial charge < -0.3 is 29.7 Å². The van der Waals surface area contributed by atoms with Crippen LogP contribution >= 0.6 is 0 Å². The summed E-state index contributed by atoms with van der Waals surface area (Å²) in [6, 6.07) is 14.1. The number of likely N-dealkylation sites (N-methyl/N-ethyl adjacent to an activating group) is 2. The molecule has 1 aliphatic carbocycles. The Morgan fingerprint density at radius 3 is 2.65 bits per heavy atom. The zero-order valence-corrected chi connectivity index (χ0v) is 25.8. The van der Waals surface area contributed by atoms with E-state index < -0.39 is 0 Å². The molecule has 9 nitrogen and oxygen atoms in total. The van der Waals surface area contributed by atoms with Crippen LogP contribution in [-0.2, 0) is 11.8 Å². The fraction of sp³-hybridized carbons (Fsp3) is 0.382. The molecule has 1 amide bonds. The first kappa shape index (κ1) is 30.1. The Bertz CT molecular complexity index is 1570. The van der Waals surface area contributed by atoms with Crippen molar-refractivity contribution in [3.05, 3.63) is 67.5 Å². The summed E-state index contributed by atoms with van der Waals surface area (Å²) in [4.78, 5) is 26.2. The molecule has 0 saturated heterocycles. The number of rotatable bonds is 12. The number of fused-ring (bicyclic) bond motifs is 1. The average Bonchev–Trinajstić information content (AvgIpc) is 3.36. The fourth-order valence-electron chi connectivity index (χ4n) is 5.65. The number of benzene rings is 2. The molecule has 2 heterocycles. The third kappa shape index (κ3) is 7.35. The molecule has 2 aromatic heterocycles. The van der Waals surface area contributed by atoms with Crippen molar-refractivity contribution in [1.29, 1.82) is 0 Å². The van der Waals surface area contributed by atoms with Crippen molar-refractivity contribution in [1.82, 2.24) is 19.4 Å².